The molecule has 1 rings (SSSR count). The van der Waals surface area contributed by atoms with Crippen molar-refractivity contribution in [2.45, 2.75) is 82.5 Å². The van der Waals surface area contributed by atoms with E-state index in [2.05, 4.69) is 0 Å². The van der Waals surface area contributed by atoms with Crippen LogP contribution in [0.4, 0.5) is 0 Å². The van der Waals surface area contributed by atoms with Crippen LogP contribution in [0, 0.1) is 0 Å². The molecule has 0 aromatic rings. The zero-order valence-corrected chi connectivity index (χ0v) is 15.7. The van der Waals surface area contributed by atoms with Gasteiger partial charge in [-0.15, -0.1) is 10.3 Å². The highest BCUT2D eigenvalue weighted by molar-refractivity contribution is 5.84. The Morgan fingerprint density at radius 2 is 1.56 bits per heavy atom. The standard InChI is InChI=1S/C10H20N3O2.C6H14N2O2/c1-8(2)5-10(12,7(11)14)6-9(3,4)13(8)15;7-4-2-1-3-5(8)6(9)10/h5-6,12H2,1-4H3,(H2,11,14);5H,1-4,7-8H2,(H,9,10)/t;5-/m.0/s1. The molecule has 1 fully saturated rings. The number of carboxylic acids is 1. The lowest BCUT2D eigenvalue weighted by atomic mass is 9.70. The molecule has 0 unspecified atom stereocenters. The molecular weight excluding hydrogens is 326 g/mol. The van der Waals surface area contributed by atoms with E-state index in [1.165, 1.54) is 0 Å². The molecule has 1 aliphatic heterocycles. The number of carbonyl (C=O) groups is 2. The summed E-state index contributed by atoms with van der Waals surface area (Å²) >= 11 is 0. The van der Waals surface area contributed by atoms with Gasteiger partial charge in [0.05, 0.1) is 5.54 Å². The number of unbranched alkanes of at least 4 members (excludes halogenated alkanes) is 1. The van der Waals surface area contributed by atoms with Crippen molar-refractivity contribution in [1.29, 1.82) is 0 Å². The van der Waals surface area contributed by atoms with Crippen molar-refractivity contribution in [3.8, 4) is 0 Å². The number of primary amides is 1. The average molecular weight is 360 g/mol. The van der Waals surface area contributed by atoms with Crippen molar-refractivity contribution >= 4 is 11.9 Å². The van der Waals surface area contributed by atoms with E-state index in [1.807, 2.05) is 0 Å². The summed E-state index contributed by atoms with van der Waals surface area (Å²) in [7, 11) is 0. The minimum absolute atomic E-state index is 0.294. The number of piperidine rings is 1. The molecule has 1 aliphatic rings. The Labute approximate surface area is 149 Å². The fraction of sp³-hybridized carbons (Fsp3) is 0.875. The highest BCUT2D eigenvalue weighted by Gasteiger charge is 2.53. The molecule has 0 saturated carbocycles. The van der Waals surface area contributed by atoms with Gasteiger partial charge in [0, 0.05) is 11.1 Å². The molecule has 1 saturated heterocycles. The second-order valence-corrected chi connectivity index (χ2v) is 8.02. The summed E-state index contributed by atoms with van der Waals surface area (Å²) in [6.07, 6.45) is 2.75. The zero-order valence-electron chi connectivity index (χ0n) is 15.7. The molecule has 0 aromatic heterocycles. The van der Waals surface area contributed by atoms with Crippen LogP contribution in [0.5, 0.6) is 0 Å². The summed E-state index contributed by atoms with van der Waals surface area (Å²) in [5.41, 5.74) is 19.3. The van der Waals surface area contributed by atoms with Gasteiger partial charge in [-0.05, 0) is 59.9 Å². The number of nitrogens with two attached hydrogens (primary N) is 4. The molecule has 1 radical (unpaired) electrons. The molecule has 25 heavy (non-hydrogen) atoms. The van der Waals surface area contributed by atoms with Gasteiger partial charge in [0.2, 0.25) is 5.91 Å². The largest absolute Gasteiger partial charge is 0.480 e. The third-order valence-corrected chi connectivity index (χ3v) is 4.37. The maximum atomic E-state index is 12.0. The fourth-order valence-electron chi connectivity index (χ4n) is 3.38. The summed E-state index contributed by atoms with van der Waals surface area (Å²) in [6.45, 7) is 7.74. The predicted molar refractivity (Wildman–Crippen MR) is 94.5 cm³/mol. The van der Waals surface area contributed by atoms with Crippen molar-refractivity contribution in [2.24, 2.45) is 22.9 Å². The van der Waals surface area contributed by atoms with Crippen molar-refractivity contribution in [1.82, 2.24) is 5.06 Å². The first-order valence-electron chi connectivity index (χ1n) is 8.44. The lowest BCUT2D eigenvalue weighted by Crippen LogP contribution is -2.69. The first-order valence-corrected chi connectivity index (χ1v) is 8.44. The van der Waals surface area contributed by atoms with Crippen LogP contribution >= 0.6 is 0 Å². The molecule has 1 amide bonds. The van der Waals surface area contributed by atoms with Gasteiger partial charge in [-0.1, -0.05) is 6.42 Å². The summed E-state index contributed by atoms with van der Waals surface area (Å²) in [5, 5.41) is 21.3. The Morgan fingerprint density at radius 3 is 1.88 bits per heavy atom. The van der Waals surface area contributed by atoms with E-state index in [9.17, 15) is 14.8 Å². The van der Waals surface area contributed by atoms with Crippen LogP contribution in [0.3, 0.4) is 0 Å². The van der Waals surface area contributed by atoms with Gasteiger partial charge in [-0.3, -0.25) is 9.59 Å². The topological polar surface area (TPSA) is 182 Å². The van der Waals surface area contributed by atoms with E-state index in [0.717, 1.165) is 17.9 Å². The summed E-state index contributed by atoms with van der Waals surface area (Å²) in [6, 6.07) is -0.716. The number of nitrogens with zero attached hydrogens (tertiary/aromatic N) is 1. The number of aliphatic carboxylic acids is 1. The molecule has 0 aliphatic carbocycles. The van der Waals surface area contributed by atoms with Gasteiger partial charge in [0.25, 0.3) is 0 Å². The second-order valence-electron chi connectivity index (χ2n) is 8.02. The molecule has 1 heterocycles. The van der Waals surface area contributed by atoms with E-state index in [1.54, 1.807) is 27.7 Å². The van der Waals surface area contributed by atoms with Gasteiger partial charge >= 0.3 is 5.97 Å². The SMILES string of the molecule is CC1(C)CC(N)(C(N)=O)CC(C)(C)N1[O].NCCCC[C@H](N)C(=O)O. The fourth-order valence-corrected chi connectivity index (χ4v) is 3.38. The molecular formula is C16H34N5O4. The van der Waals surface area contributed by atoms with Crippen LogP contribution in [-0.2, 0) is 14.8 Å². The van der Waals surface area contributed by atoms with Crippen molar-refractivity contribution in [3.05, 3.63) is 0 Å². The van der Waals surface area contributed by atoms with Crippen LogP contribution in [0.1, 0.15) is 59.8 Å². The summed E-state index contributed by atoms with van der Waals surface area (Å²) in [4.78, 5) is 21.5. The molecule has 0 spiro atoms. The Kier molecular flexibility index (Phi) is 8.46. The van der Waals surface area contributed by atoms with E-state index in [4.69, 9.17) is 28.0 Å². The van der Waals surface area contributed by atoms with E-state index in [0.29, 0.717) is 25.8 Å². The summed E-state index contributed by atoms with van der Waals surface area (Å²) < 4.78 is 0. The smallest absolute Gasteiger partial charge is 0.320 e. The third-order valence-electron chi connectivity index (χ3n) is 4.37. The molecule has 9 nitrogen and oxygen atoms in total. The van der Waals surface area contributed by atoms with Crippen molar-refractivity contribution in [2.75, 3.05) is 6.54 Å². The summed E-state index contributed by atoms with van der Waals surface area (Å²) in [5.74, 6) is -1.46. The van der Waals surface area contributed by atoms with Crippen LogP contribution < -0.4 is 22.9 Å². The van der Waals surface area contributed by atoms with E-state index >= 15 is 0 Å². The number of carbonyl (C=O) groups excluding carboxylic acids is 1. The Morgan fingerprint density at radius 1 is 1.12 bits per heavy atom. The van der Waals surface area contributed by atoms with Crippen molar-refractivity contribution in [3.63, 3.8) is 0 Å². The molecule has 1 atom stereocenters. The quantitative estimate of drug-likeness (QED) is 0.403. The Balaban J connectivity index is 0.000000504. The number of hydrogen-bond donors (Lipinski definition) is 5. The first-order chi connectivity index (χ1) is 11.2. The monoisotopic (exact) mass is 360 g/mol. The predicted octanol–water partition coefficient (Wildman–Crippen LogP) is -0.305. The molecule has 9 N–H and O–H groups in total. The zero-order chi connectivity index (χ0) is 20.1. The number of hydrogen-bond acceptors (Lipinski definition) is 6. The van der Waals surface area contributed by atoms with Crippen LogP contribution in [0.2, 0.25) is 0 Å². The van der Waals surface area contributed by atoms with Crippen LogP contribution in [0.25, 0.3) is 0 Å². The van der Waals surface area contributed by atoms with Gasteiger partial charge in [0.1, 0.15) is 6.04 Å². The van der Waals surface area contributed by atoms with Gasteiger partial charge in [-0.2, -0.15) is 0 Å². The third kappa shape index (κ3) is 6.87. The minimum atomic E-state index is -1.08. The number of carboxylic acid groups (broad SMARTS) is 1. The number of rotatable bonds is 6. The van der Waals surface area contributed by atoms with Gasteiger partial charge in [0.15, 0.2) is 0 Å². The number of hydroxylamine groups is 2. The molecule has 9 heteroatoms. The lowest BCUT2D eigenvalue weighted by Gasteiger charge is -2.52. The maximum Gasteiger partial charge on any atom is 0.320 e. The number of amides is 1. The van der Waals surface area contributed by atoms with Crippen molar-refractivity contribution < 1.29 is 19.9 Å². The second kappa shape index (κ2) is 8.91. The highest BCUT2D eigenvalue weighted by Crippen LogP contribution is 2.41. The average Bonchev–Trinajstić information content (AvgIpc) is 2.44. The van der Waals surface area contributed by atoms with E-state index < -0.39 is 34.5 Å². The van der Waals surface area contributed by atoms with Crippen LogP contribution in [-0.4, -0.2) is 51.2 Å². The first kappa shape index (κ1) is 23.7. The maximum absolute atomic E-state index is 12.0. The molecule has 0 aromatic carbocycles. The van der Waals surface area contributed by atoms with Crippen LogP contribution in [0.15, 0.2) is 0 Å². The Bertz CT molecular complexity index is 449. The Hall–Kier alpha value is -1.26. The lowest BCUT2D eigenvalue weighted by molar-refractivity contribution is -0.294. The molecule has 147 valence electrons. The highest BCUT2D eigenvalue weighted by atomic mass is 16.5. The van der Waals surface area contributed by atoms with E-state index in [-0.39, 0.29) is 0 Å². The normalized spacial score (nSPS) is 22.4. The van der Waals surface area contributed by atoms with Gasteiger partial charge < -0.3 is 28.0 Å². The minimum Gasteiger partial charge on any atom is -0.480 e. The van der Waals surface area contributed by atoms with Gasteiger partial charge in [-0.25, -0.2) is 0 Å². The molecule has 0 bridgehead atoms.